The predicted molar refractivity (Wildman–Crippen MR) is 93.8 cm³/mol. The van der Waals surface area contributed by atoms with E-state index in [1.54, 1.807) is 25.7 Å². The van der Waals surface area contributed by atoms with Crippen LogP contribution in [0.15, 0.2) is 61.2 Å². The molecule has 1 atom stereocenters. The zero-order valence-electron chi connectivity index (χ0n) is 13.7. The first-order chi connectivity index (χ1) is 12.2. The molecule has 1 heterocycles. The monoisotopic (exact) mass is 408 g/mol. The molecule has 0 aliphatic rings. The standard InChI is InChI=1S/C19H18F2N2OSe/c1-24-16-4-2-3-14(9-16)12-25-19(11-23-8-7-22-13-23)17-6-5-15(20)10-18(17)21/h2-10,13,19H,11-12H2,1H3. The normalized spacial score (nSPS) is 12.1. The molecule has 0 amide bonds. The fraction of sp³-hybridized carbons (Fsp3) is 0.211. The van der Waals surface area contributed by atoms with Crippen molar-refractivity contribution in [2.45, 2.75) is 16.7 Å². The molecule has 0 saturated carbocycles. The van der Waals surface area contributed by atoms with Gasteiger partial charge in [0.2, 0.25) is 0 Å². The Morgan fingerprint density at radius 1 is 1.20 bits per heavy atom. The fourth-order valence-corrected chi connectivity index (χ4v) is 5.11. The minimum atomic E-state index is -0.553. The van der Waals surface area contributed by atoms with Crippen LogP contribution in [0, 0.1) is 11.6 Å². The van der Waals surface area contributed by atoms with Gasteiger partial charge in [-0.1, -0.05) is 0 Å². The molecule has 3 nitrogen and oxygen atoms in total. The Bertz CT molecular complexity index is 824. The summed E-state index contributed by atoms with van der Waals surface area (Å²) >= 11 is 0.0787. The SMILES string of the molecule is COc1cccc(C[Se]C(Cn2ccnc2)c2ccc(F)cc2F)c1. The molecule has 0 aliphatic carbocycles. The number of hydrogen-bond donors (Lipinski definition) is 0. The van der Waals surface area contributed by atoms with Gasteiger partial charge >= 0.3 is 152 Å². The first-order valence-corrected chi connectivity index (χ1v) is 10.0. The Kier molecular flexibility index (Phi) is 5.84. The van der Waals surface area contributed by atoms with Crippen molar-refractivity contribution >= 4 is 15.0 Å². The van der Waals surface area contributed by atoms with E-state index < -0.39 is 11.6 Å². The second-order valence-electron chi connectivity index (χ2n) is 5.58. The maximum absolute atomic E-state index is 14.3. The molecule has 3 aromatic rings. The number of benzene rings is 2. The van der Waals surface area contributed by atoms with E-state index in [0.717, 1.165) is 22.7 Å². The molecule has 0 spiro atoms. The Labute approximate surface area is 151 Å². The molecular weight excluding hydrogens is 389 g/mol. The second kappa shape index (κ2) is 8.28. The quantitative estimate of drug-likeness (QED) is 0.557. The topological polar surface area (TPSA) is 27.1 Å². The molecule has 3 rings (SSSR count). The zero-order chi connectivity index (χ0) is 17.6. The number of rotatable bonds is 7. The first-order valence-electron chi connectivity index (χ1n) is 7.81. The van der Waals surface area contributed by atoms with Crippen LogP contribution in [0.2, 0.25) is 0 Å². The van der Waals surface area contributed by atoms with Gasteiger partial charge in [0.15, 0.2) is 0 Å². The van der Waals surface area contributed by atoms with Crippen molar-refractivity contribution in [3.63, 3.8) is 0 Å². The average molecular weight is 407 g/mol. The van der Waals surface area contributed by atoms with Gasteiger partial charge in [0.25, 0.3) is 0 Å². The molecule has 0 saturated heterocycles. The van der Waals surface area contributed by atoms with E-state index in [1.165, 1.54) is 6.07 Å². The summed E-state index contributed by atoms with van der Waals surface area (Å²) in [6.45, 7) is 0.618. The molecule has 1 unspecified atom stereocenters. The Hall–Kier alpha value is -2.17. The summed E-state index contributed by atoms with van der Waals surface area (Å²) in [5.74, 6) is -0.229. The van der Waals surface area contributed by atoms with Crippen molar-refractivity contribution in [2.75, 3.05) is 7.11 Å². The Morgan fingerprint density at radius 2 is 2.08 bits per heavy atom. The molecule has 0 N–H and O–H groups in total. The van der Waals surface area contributed by atoms with Gasteiger partial charge in [-0.2, -0.15) is 0 Å². The van der Waals surface area contributed by atoms with Crippen molar-refractivity contribution in [3.8, 4) is 5.75 Å². The van der Waals surface area contributed by atoms with Crippen molar-refractivity contribution in [3.05, 3.63) is 83.9 Å². The van der Waals surface area contributed by atoms with Crippen molar-refractivity contribution < 1.29 is 13.5 Å². The van der Waals surface area contributed by atoms with E-state index in [4.69, 9.17) is 4.74 Å². The van der Waals surface area contributed by atoms with Crippen LogP contribution in [-0.2, 0) is 11.9 Å². The molecule has 6 heteroatoms. The van der Waals surface area contributed by atoms with E-state index >= 15 is 0 Å². The number of methoxy groups -OCH3 is 1. The molecule has 130 valence electrons. The van der Waals surface area contributed by atoms with Crippen LogP contribution in [0.3, 0.4) is 0 Å². The predicted octanol–water partition coefficient (Wildman–Crippen LogP) is 3.82. The average Bonchev–Trinajstić information content (AvgIpc) is 3.12. The van der Waals surface area contributed by atoms with E-state index in [0.29, 0.717) is 12.1 Å². The Morgan fingerprint density at radius 3 is 2.80 bits per heavy atom. The number of halogens is 2. The van der Waals surface area contributed by atoms with Crippen LogP contribution < -0.4 is 4.74 Å². The van der Waals surface area contributed by atoms with Gasteiger partial charge in [0.05, 0.1) is 0 Å². The van der Waals surface area contributed by atoms with Gasteiger partial charge in [-0.25, -0.2) is 0 Å². The van der Waals surface area contributed by atoms with Gasteiger partial charge in [-0.05, 0) is 0 Å². The van der Waals surface area contributed by atoms with Crippen LogP contribution in [-0.4, -0.2) is 31.6 Å². The molecular formula is C19H18F2N2OSe. The van der Waals surface area contributed by atoms with E-state index in [1.807, 2.05) is 35.0 Å². The summed E-state index contributed by atoms with van der Waals surface area (Å²) in [6.07, 6.45) is 5.28. The number of imidazole rings is 1. The molecule has 0 fully saturated rings. The first kappa shape index (κ1) is 17.6. The molecule has 0 radical (unpaired) electrons. The number of nitrogens with zero attached hydrogens (tertiary/aromatic N) is 2. The van der Waals surface area contributed by atoms with Gasteiger partial charge in [-0.15, -0.1) is 0 Å². The van der Waals surface area contributed by atoms with E-state index in [2.05, 4.69) is 4.98 Å². The molecule has 2 aromatic carbocycles. The minimum absolute atomic E-state index is 0.0199. The number of aromatic nitrogens is 2. The van der Waals surface area contributed by atoms with E-state index in [-0.39, 0.29) is 19.8 Å². The number of hydrogen-bond acceptors (Lipinski definition) is 2. The molecule has 0 aliphatic heterocycles. The fourth-order valence-electron chi connectivity index (χ4n) is 2.55. The summed E-state index contributed by atoms with van der Waals surface area (Å²) in [5, 5.41) is 0.834. The van der Waals surface area contributed by atoms with Crippen molar-refractivity contribution in [1.82, 2.24) is 9.55 Å². The summed E-state index contributed by atoms with van der Waals surface area (Å²) in [7, 11) is 1.64. The molecule has 25 heavy (non-hydrogen) atoms. The third-order valence-electron chi connectivity index (χ3n) is 3.83. The summed E-state index contributed by atoms with van der Waals surface area (Å²) in [4.78, 5) is 4.03. The van der Waals surface area contributed by atoms with Crippen LogP contribution in [0.25, 0.3) is 0 Å². The second-order valence-corrected chi connectivity index (χ2v) is 8.08. The van der Waals surface area contributed by atoms with Crippen LogP contribution in [0.1, 0.15) is 15.9 Å². The van der Waals surface area contributed by atoms with Gasteiger partial charge in [0, 0.05) is 0 Å². The molecule has 0 bridgehead atoms. The van der Waals surface area contributed by atoms with Crippen LogP contribution in [0.4, 0.5) is 8.78 Å². The maximum atomic E-state index is 14.3. The number of ether oxygens (including phenoxy) is 1. The van der Waals surface area contributed by atoms with E-state index in [9.17, 15) is 8.78 Å². The van der Waals surface area contributed by atoms with Crippen molar-refractivity contribution in [1.29, 1.82) is 0 Å². The van der Waals surface area contributed by atoms with Gasteiger partial charge in [0.1, 0.15) is 0 Å². The molecule has 1 aromatic heterocycles. The third-order valence-corrected chi connectivity index (χ3v) is 6.57. The summed E-state index contributed by atoms with van der Waals surface area (Å²) in [5.41, 5.74) is 1.70. The van der Waals surface area contributed by atoms with Crippen LogP contribution >= 0.6 is 0 Å². The van der Waals surface area contributed by atoms with Crippen molar-refractivity contribution in [2.24, 2.45) is 0 Å². The van der Waals surface area contributed by atoms with Gasteiger partial charge < -0.3 is 0 Å². The van der Waals surface area contributed by atoms with Gasteiger partial charge in [-0.3, -0.25) is 0 Å². The summed E-state index contributed by atoms with van der Waals surface area (Å²) < 4.78 is 34.7. The third kappa shape index (κ3) is 4.68. The van der Waals surface area contributed by atoms with Crippen LogP contribution in [0.5, 0.6) is 5.75 Å². The summed E-state index contributed by atoms with van der Waals surface area (Å²) in [6, 6.07) is 11.7. The Balaban J connectivity index is 1.80. The zero-order valence-corrected chi connectivity index (χ0v) is 15.4.